The van der Waals surface area contributed by atoms with Crippen molar-refractivity contribution < 1.29 is 14.3 Å². The molecule has 2 N–H and O–H groups in total. The summed E-state index contributed by atoms with van der Waals surface area (Å²) < 4.78 is 10.9. The molecule has 1 aliphatic rings. The Kier molecular flexibility index (Phi) is 5.63. The van der Waals surface area contributed by atoms with Gasteiger partial charge in [0.15, 0.2) is 0 Å². The van der Waals surface area contributed by atoms with Crippen molar-refractivity contribution in [1.82, 2.24) is 5.32 Å². The first-order valence-electron chi connectivity index (χ1n) is 9.78. The molecule has 0 saturated carbocycles. The Balaban J connectivity index is 1.59. The van der Waals surface area contributed by atoms with Gasteiger partial charge in [-0.3, -0.25) is 0 Å². The van der Waals surface area contributed by atoms with Gasteiger partial charge in [0.05, 0.1) is 0 Å². The van der Waals surface area contributed by atoms with Gasteiger partial charge in [-0.15, -0.1) is 0 Å². The van der Waals surface area contributed by atoms with E-state index in [1.54, 1.807) is 19.1 Å². The number of hydrogen-bond donors (Lipinski definition) is 2. The van der Waals surface area contributed by atoms with Crippen LogP contribution in [-0.2, 0) is 16.7 Å². The Bertz CT molecular complexity index is 1070. The van der Waals surface area contributed by atoms with Gasteiger partial charge in [0.2, 0.25) is 0 Å². The maximum atomic E-state index is 12.0. The van der Waals surface area contributed by atoms with Crippen molar-refractivity contribution in [2.45, 2.75) is 31.7 Å². The van der Waals surface area contributed by atoms with Gasteiger partial charge in [-0.05, 0) is 55.2 Å². The number of phenolic OH excluding ortho intramolecular Hbond substituents is 1. The number of halogens is 1. The average Bonchev–Trinajstić information content (AvgIpc) is 2.72. The van der Waals surface area contributed by atoms with Crippen molar-refractivity contribution in [3.05, 3.63) is 74.6 Å². The van der Waals surface area contributed by atoms with Crippen LogP contribution in [0.3, 0.4) is 0 Å². The molecule has 0 radical (unpaired) electrons. The molecular weight excluding hydrogens is 390 g/mol. The molecule has 0 spiro atoms. The van der Waals surface area contributed by atoms with E-state index < -0.39 is 5.63 Å². The predicted octanol–water partition coefficient (Wildman–Crippen LogP) is 4.30. The Labute approximate surface area is 174 Å². The third-order valence-electron chi connectivity index (χ3n) is 5.90. The van der Waals surface area contributed by atoms with E-state index >= 15 is 0 Å². The molecule has 5 nitrogen and oxygen atoms in total. The van der Waals surface area contributed by atoms with Crippen molar-refractivity contribution in [3.8, 4) is 5.75 Å². The predicted molar refractivity (Wildman–Crippen MR) is 114 cm³/mol. The molecule has 0 bridgehead atoms. The molecule has 2 aromatic carbocycles. The molecule has 0 aliphatic carbocycles. The quantitative estimate of drug-likeness (QED) is 0.610. The van der Waals surface area contributed by atoms with Crippen LogP contribution in [0.1, 0.15) is 29.5 Å². The van der Waals surface area contributed by atoms with Crippen LogP contribution in [0.5, 0.6) is 5.75 Å². The van der Waals surface area contributed by atoms with E-state index in [9.17, 15) is 9.90 Å². The summed E-state index contributed by atoms with van der Waals surface area (Å²) in [6, 6.07) is 13.0. The summed E-state index contributed by atoms with van der Waals surface area (Å²) in [7, 11) is 0. The molecule has 1 aromatic heterocycles. The minimum atomic E-state index is -0.415. The second-order valence-corrected chi connectivity index (χ2v) is 8.12. The highest BCUT2D eigenvalue weighted by molar-refractivity contribution is 6.30. The molecule has 3 aromatic rings. The topological polar surface area (TPSA) is 71.7 Å². The fourth-order valence-electron chi connectivity index (χ4n) is 4.13. The van der Waals surface area contributed by atoms with Crippen molar-refractivity contribution in [3.63, 3.8) is 0 Å². The fourth-order valence-corrected chi connectivity index (χ4v) is 4.26. The van der Waals surface area contributed by atoms with Gasteiger partial charge >= 0.3 is 5.63 Å². The first kappa shape index (κ1) is 20.0. The average molecular weight is 414 g/mol. The number of hydrogen-bond acceptors (Lipinski definition) is 5. The van der Waals surface area contributed by atoms with Crippen LogP contribution in [-0.4, -0.2) is 24.9 Å². The summed E-state index contributed by atoms with van der Waals surface area (Å²) in [6.45, 7) is 4.48. The van der Waals surface area contributed by atoms with E-state index in [-0.39, 0.29) is 11.2 Å². The molecule has 1 fully saturated rings. The maximum absolute atomic E-state index is 12.0. The second-order valence-electron chi connectivity index (χ2n) is 7.68. The minimum Gasteiger partial charge on any atom is -0.508 e. The SMILES string of the molecule is Cc1c(O)ccc2c(CNCC3(c4ccc(Cl)cc4)CCOCC3)cc(=O)oc12. The Morgan fingerprint density at radius 1 is 1.14 bits per heavy atom. The van der Waals surface area contributed by atoms with Crippen LogP contribution in [0.15, 0.2) is 51.7 Å². The minimum absolute atomic E-state index is 0.0354. The van der Waals surface area contributed by atoms with Gasteiger partial charge in [0, 0.05) is 53.8 Å². The number of aromatic hydroxyl groups is 1. The van der Waals surface area contributed by atoms with Gasteiger partial charge in [0.1, 0.15) is 11.3 Å². The highest BCUT2D eigenvalue weighted by Gasteiger charge is 2.34. The lowest BCUT2D eigenvalue weighted by molar-refractivity contribution is 0.0498. The molecule has 4 rings (SSSR count). The Morgan fingerprint density at radius 3 is 2.59 bits per heavy atom. The fraction of sp³-hybridized carbons (Fsp3) is 0.348. The lowest BCUT2D eigenvalue weighted by Crippen LogP contribution is -2.42. The summed E-state index contributed by atoms with van der Waals surface area (Å²) in [5, 5.41) is 15.0. The third kappa shape index (κ3) is 4.04. The molecule has 152 valence electrons. The first-order chi connectivity index (χ1) is 14.0. The van der Waals surface area contributed by atoms with Crippen LogP contribution < -0.4 is 10.9 Å². The molecular formula is C23H24ClNO4. The third-order valence-corrected chi connectivity index (χ3v) is 6.16. The maximum Gasteiger partial charge on any atom is 0.336 e. The van der Waals surface area contributed by atoms with Gasteiger partial charge in [-0.25, -0.2) is 4.79 Å². The lowest BCUT2D eigenvalue weighted by atomic mass is 9.74. The van der Waals surface area contributed by atoms with Gasteiger partial charge in [0.25, 0.3) is 0 Å². The second kappa shape index (κ2) is 8.19. The van der Waals surface area contributed by atoms with Crippen molar-refractivity contribution in [2.24, 2.45) is 0 Å². The molecule has 1 aliphatic heterocycles. The number of benzene rings is 2. The van der Waals surface area contributed by atoms with Crippen molar-refractivity contribution >= 4 is 22.6 Å². The highest BCUT2D eigenvalue weighted by Crippen LogP contribution is 2.35. The summed E-state index contributed by atoms with van der Waals surface area (Å²) in [5.74, 6) is 0.120. The summed E-state index contributed by atoms with van der Waals surface area (Å²) >= 11 is 6.08. The van der Waals surface area contributed by atoms with E-state index in [1.807, 2.05) is 12.1 Å². The first-order valence-corrected chi connectivity index (χ1v) is 10.2. The van der Waals surface area contributed by atoms with E-state index in [0.717, 1.165) is 48.6 Å². The van der Waals surface area contributed by atoms with Gasteiger partial charge in [-0.1, -0.05) is 23.7 Å². The summed E-state index contributed by atoms with van der Waals surface area (Å²) in [5.41, 5.74) is 2.66. The molecule has 0 unspecified atom stereocenters. The number of phenols is 1. The van der Waals surface area contributed by atoms with E-state index in [0.29, 0.717) is 17.7 Å². The molecule has 1 saturated heterocycles. The van der Waals surface area contributed by atoms with Crippen LogP contribution in [0.4, 0.5) is 0 Å². The van der Waals surface area contributed by atoms with Crippen molar-refractivity contribution in [1.29, 1.82) is 0 Å². The Morgan fingerprint density at radius 2 is 1.86 bits per heavy atom. The molecule has 0 amide bonds. The zero-order valence-electron chi connectivity index (χ0n) is 16.3. The van der Waals surface area contributed by atoms with Crippen LogP contribution in [0.25, 0.3) is 11.0 Å². The van der Waals surface area contributed by atoms with E-state index in [4.69, 9.17) is 20.8 Å². The van der Waals surface area contributed by atoms with Crippen LogP contribution in [0.2, 0.25) is 5.02 Å². The molecule has 2 heterocycles. The Hall–Kier alpha value is -2.34. The number of nitrogens with one attached hydrogen (secondary N) is 1. The smallest absolute Gasteiger partial charge is 0.336 e. The standard InChI is InChI=1S/C23H24ClNO4/c1-15-20(26)7-6-19-16(12-21(27)29-22(15)19)13-25-14-23(8-10-28-11-9-23)17-2-4-18(24)5-3-17/h2-7,12,25-26H,8-11,13-14H2,1H3. The molecule has 6 heteroatoms. The zero-order valence-corrected chi connectivity index (χ0v) is 17.1. The van der Waals surface area contributed by atoms with Crippen LogP contribution >= 0.6 is 11.6 Å². The largest absolute Gasteiger partial charge is 0.508 e. The number of rotatable bonds is 5. The number of ether oxygens (including phenoxy) is 1. The van der Waals surface area contributed by atoms with Gasteiger partial charge in [-0.2, -0.15) is 0 Å². The van der Waals surface area contributed by atoms with Crippen LogP contribution in [0, 0.1) is 6.92 Å². The number of fused-ring (bicyclic) bond motifs is 1. The normalized spacial score (nSPS) is 16.2. The highest BCUT2D eigenvalue weighted by atomic mass is 35.5. The van der Waals surface area contributed by atoms with E-state index in [2.05, 4.69) is 17.4 Å². The molecule has 0 atom stereocenters. The van der Waals surface area contributed by atoms with E-state index in [1.165, 1.54) is 11.6 Å². The monoisotopic (exact) mass is 413 g/mol. The molecule has 29 heavy (non-hydrogen) atoms. The van der Waals surface area contributed by atoms with Crippen molar-refractivity contribution in [2.75, 3.05) is 19.8 Å². The summed E-state index contributed by atoms with van der Waals surface area (Å²) in [4.78, 5) is 12.0. The zero-order chi connectivity index (χ0) is 20.4. The van der Waals surface area contributed by atoms with Gasteiger partial charge < -0.3 is 19.6 Å². The lowest BCUT2D eigenvalue weighted by Gasteiger charge is -2.38. The summed E-state index contributed by atoms with van der Waals surface area (Å²) in [6.07, 6.45) is 1.85. The number of aryl methyl sites for hydroxylation is 1.